The molecule has 0 aliphatic heterocycles. The Hall–Kier alpha value is 0.597. The maximum absolute atomic E-state index is 2.55. The molecule has 0 heterocycles. The zero-order valence-electron chi connectivity index (χ0n) is 10.6. The standard InChI is InChI=1S/C12H25SSi.ClH/c1-13(11-14(2,3)4)10-9-12-7-5-6-8-12;/h9H,5-8,10-11H2,1-4H3;1H/q+1;/p-1. The molecule has 1 aliphatic carbocycles. The number of rotatable bonds is 4. The van der Waals surface area contributed by atoms with Crippen LogP contribution in [0.4, 0.5) is 0 Å². The van der Waals surface area contributed by atoms with Crippen molar-refractivity contribution in [3.63, 3.8) is 0 Å². The summed E-state index contributed by atoms with van der Waals surface area (Å²) < 4.78 is 0. The van der Waals surface area contributed by atoms with Gasteiger partial charge in [-0.15, -0.1) is 0 Å². The van der Waals surface area contributed by atoms with E-state index in [9.17, 15) is 0 Å². The van der Waals surface area contributed by atoms with Crippen molar-refractivity contribution in [1.82, 2.24) is 0 Å². The molecular formula is C12H25ClSSi. The Kier molecular flexibility index (Phi) is 7.31. The van der Waals surface area contributed by atoms with Gasteiger partial charge in [-0.2, -0.15) is 0 Å². The summed E-state index contributed by atoms with van der Waals surface area (Å²) in [4.78, 5) is 0. The molecule has 0 amide bonds. The molecule has 1 atom stereocenters. The van der Waals surface area contributed by atoms with Crippen LogP contribution in [0.25, 0.3) is 0 Å². The average molecular weight is 265 g/mol. The minimum atomic E-state index is -0.814. The lowest BCUT2D eigenvalue weighted by Gasteiger charge is -2.13. The smallest absolute Gasteiger partial charge is 0.126 e. The molecule has 0 saturated heterocycles. The van der Waals surface area contributed by atoms with Gasteiger partial charge < -0.3 is 12.4 Å². The summed E-state index contributed by atoms with van der Waals surface area (Å²) in [5.74, 6) is 1.36. The Morgan fingerprint density at radius 2 is 1.73 bits per heavy atom. The van der Waals surface area contributed by atoms with Crippen LogP contribution in [0.15, 0.2) is 11.6 Å². The van der Waals surface area contributed by atoms with E-state index in [2.05, 4.69) is 32.0 Å². The molecule has 90 valence electrons. The minimum Gasteiger partial charge on any atom is -1.00 e. The van der Waals surface area contributed by atoms with Crippen LogP contribution in [-0.2, 0) is 10.9 Å². The van der Waals surface area contributed by atoms with Gasteiger partial charge in [0.25, 0.3) is 0 Å². The number of hydrogen-bond donors (Lipinski definition) is 0. The minimum absolute atomic E-state index is 0. The van der Waals surface area contributed by atoms with Crippen LogP contribution in [0.1, 0.15) is 25.7 Å². The van der Waals surface area contributed by atoms with Crippen molar-refractivity contribution in [3.05, 3.63) is 11.6 Å². The van der Waals surface area contributed by atoms with E-state index in [1.54, 1.807) is 5.57 Å². The fraction of sp³-hybridized carbons (Fsp3) is 0.833. The topological polar surface area (TPSA) is 0 Å². The SMILES string of the molecule is C[S+](CC=C1CCCC1)C[Si](C)(C)C.[Cl-]. The van der Waals surface area contributed by atoms with Crippen molar-refractivity contribution in [1.29, 1.82) is 0 Å². The highest BCUT2D eigenvalue weighted by molar-refractivity contribution is 7.97. The maximum Gasteiger partial charge on any atom is 0.126 e. The van der Waals surface area contributed by atoms with E-state index in [0.717, 1.165) is 0 Å². The molecule has 1 saturated carbocycles. The number of halogens is 1. The molecule has 0 aromatic rings. The van der Waals surface area contributed by atoms with Crippen molar-refractivity contribution in [2.75, 3.05) is 17.4 Å². The number of hydrogen-bond acceptors (Lipinski definition) is 0. The molecule has 0 radical (unpaired) electrons. The molecule has 0 N–H and O–H groups in total. The highest BCUT2D eigenvalue weighted by Crippen LogP contribution is 2.23. The molecule has 1 fully saturated rings. The lowest BCUT2D eigenvalue weighted by Crippen LogP contribution is -3.00. The van der Waals surface area contributed by atoms with Gasteiger partial charge in [-0.3, -0.25) is 0 Å². The Morgan fingerprint density at radius 1 is 1.20 bits per heavy atom. The Labute approximate surface area is 106 Å². The molecular weight excluding hydrogens is 240 g/mol. The van der Waals surface area contributed by atoms with E-state index in [1.165, 1.54) is 36.8 Å². The molecule has 1 aliphatic rings. The van der Waals surface area contributed by atoms with E-state index >= 15 is 0 Å². The summed E-state index contributed by atoms with van der Waals surface area (Å²) in [5, 5.41) is 1.51. The van der Waals surface area contributed by atoms with Crippen molar-refractivity contribution < 1.29 is 12.4 Å². The summed E-state index contributed by atoms with van der Waals surface area (Å²) in [6.45, 7) is 7.46. The first-order valence-corrected chi connectivity index (χ1v) is 11.4. The van der Waals surface area contributed by atoms with Gasteiger partial charge in [0, 0.05) is 0 Å². The zero-order valence-corrected chi connectivity index (χ0v) is 13.2. The summed E-state index contributed by atoms with van der Waals surface area (Å²) in [5.41, 5.74) is 1.75. The average Bonchev–Trinajstić information content (AvgIpc) is 2.49. The summed E-state index contributed by atoms with van der Waals surface area (Å²) in [7, 11) is -0.164. The molecule has 15 heavy (non-hydrogen) atoms. The Bertz CT molecular complexity index is 200. The van der Waals surface area contributed by atoms with Crippen LogP contribution < -0.4 is 12.4 Å². The molecule has 0 spiro atoms. The van der Waals surface area contributed by atoms with Gasteiger partial charge >= 0.3 is 0 Å². The second-order valence-corrected chi connectivity index (χ2v) is 13.9. The fourth-order valence-electron chi connectivity index (χ4n) is 2.09. The van der Waals surface area contributed by atoms with Crippen LogP contribution >= 0.6 is 0 Å². The van der Waals surface area contributed by atoms with E-state index in [4.69, 9.17) is 0 Å². The van der Waals surface area contributed by atoms with Crippen LogP contribution in [-0.4, -0.2) is 25.5 Å². The summed E-state index contributed by atoms with van der Waals surface area (Å²) >= 11 is 0. The molecule has 0 aromatic heterocycles. The third-order valence-electron chi connectivity index (χ3n) is 2.58. The second-order valence-electron chi connectivity index (χ2n) is 5.72. The molecule has 0 bridgehead atoms. The summed E-state index contributed by atoms with van der Waals surface area (Å²) in [6, 6.07) is 0. The predicted molar refractivity (Wildman–Crippen MR) is 72.9 cm³/mol. The second kappa shape index (κ2) is 7.03. The van der Waals surface area contributed by atoms with Crippen molar-refractivity contribution in [2.45, 2.75) is 45.3 Å². The van der Waals surface area contributed by atoms with Gasteiger partial charge in [-0.25, -0.2) is 0 Å². The van der Waals surface area contributed by atoms with E-state index < -0.39 is 8.07 Å². The van der Waals surface area contributed by atoms with E-state index in [1.807, 2.05) is 0 Å². The molecule has 1 unspecified atom stereocenters. The van der Waals surface area contributed by atoms with Crippen LogP contribution in [0.2, 0.25) is 19.6 Å². The monoisotopic (exact) mass is 264 g/mol. The molecule has 3 heteroatoms. The normalized spacial score (nSPS) is 18.5. The quantitative estimate of drug-likeness (QED) is 0.397. The van der Waals surface area contributed by atoms with Crippen LogP contribution in [0, 0.1) is 0 Å². The van der Waals surface area contributed by atoms with Crippen molar-refractivity contribution in [2.24, 2.45) is 0 Å². The first-order chi connectivity index (χ1) is 6.47. The van der Waals surface area contributed by atoms with Crippen LogP contribution in [0.5, 0.6) is 0 Å². The van der Waals surface area contributed by atoms with E-state index in [0.29, 0.717) is 10.9 Å². The van der Waals surface area contributed by atoms with Crippen molar-refractivity contribution in [3.8, 4) is 0 Å². The highest BCUT2D eigenvalue weighted by atomic mass is 35.5. The van der Waals surface area contributed by atoms with Gasteiger partial charge in [0.15, 0.2) is 0 Å². The fourth-order valence-corrected chi connectivity index (χ4v) is 9.00. The van der Waals surface area contributed by atoms with Gasteiger partial charge in [0.05, 0.1) is 11.6 Å². The van der Waals surface area contributed by atoms with Crippen molar-refractivity contribution >= 4 is 19.0 Å². The lowest BCUT2D eigenvalue weighted by molar-refractivity contribution is -0.00000343. The van der Waals surface area contributed by atoms with Gasteiger partial charge in [0.2, 0.25) is 0 Å². The maximum atomic E-state index is 2.55. The zero-order chi connectivity index (χ0) is 10.6. The Morgan fingerprint density at radius 3 is 2.20 bits per heavy atom. The summed E-state index contributed by atoms with van der Waals surface area (Å²) in [6.07, 6.45) is 10.7. The third kappa shape index (κ3) is 7.48. The van der Waals surface area contributed by atoms with Gasteiger partial charge in [0.1, 0.15) is 13.8 Å². The van der Waals surface area contributed by atoms with Gasteiger partial charge in [-0.05, 0) is 42.7 Å². The first kappa shape index (κ1) is 15.6. The molecule has 0 nitrogen and oxygen atoms in total. The molecule has 0 aromatic carbocycles. The number of allylic oxidation sites excluding steroid dienone is 1. The lowest BCUT2D eigenvalue weighted by atomic mass is 10.2. The largest absolute Gasteiger partial charge is 1.00 e. The van der Waals surface area contributed by atoms with Crippen LogP contribution in [0.3, 0.4) is 0 Å². The predicted octanol–water partition coefficient (Wildman–Crippen LogP) is 0.616. The highest BCUT2D eigenvalue weighted by Gasteiger charge is 2.23. The Balaban J connectivity index is 0.00000196. The van der Waals surface area contributed by atoms with E-state index in [-0.39, 0.29) is 12.4 Å². The van der Waals surface area contributed by atoms with Gasteiger partial charge in [-0.1, -0.05) is 25.2 Å². The third-order valence-corrected chi connectivity index (χ3v) is 8.75. The first-order valence-electron chi connectivity index (χ1n) is 5.74. The molecule has 1 rings (SSSR count).